The molecule has 0 bridgehead atoms. The van der Waals surface area contributed by atoms with Crippen LogP contribution in [0.25, 0.3) is 67.2 Å². The van der Waals surface area contributed by atoms with Gasteiger partial charge in [0.15, 0.2) is 5.82 Å². The minimum Gasteiger partial charge on any atom is -0.264 e. The van der Waals surface area contributed by atoms with Crippen molar-refractivity contribution in [3.63, 3.8) is 0 Å². The molecule has 2 aliphatic rings. The molecule has 3 heteroatoms. The summed E-state index contributed by atoms with van der Waals surface area (Å²) in [4.78, 5) is 14.6. The maximum atomic E-state index is 5.19. The van der Waals surface area contributed by atoms with E-state index in [4.69, 9.17) is 9.97 Å². The highest BCUT2D eigenvalue weighted by atomic mass is 14.9. The van der Waals surface area contributed by atoms with Crippen LogP contribution in [-0.4, -0.2) is 15.0 Å². The Morgan fingerprint density at radius 2 is 0.962 bits per heavy atom. The van der Waals surface area contributed by atoms with Gasteiger partial charge >= 0.3 is 0 Å². The molecule has 0 aliphatic heterocycles. The summed E-state index contributed by atoms with van der Waals surface area (Å²) in [6.07, 6.45) is 3.93. The number of hydrogen-bond acceptors (Lipinski definition) is 3. The van der Waals surface area contributed by atoms with Crippen molar-refractivity contribution in [1.29, 1.82) is 0 Å². The zero-order valence-electron chi connectivity index (χ0n) is 29.4. The average molecular weight is 666 g/mol. The summed E-state index contributed by atoms with van der Waals surface area (Å²) in [6, 6.07) is 53.1. The first-order valence-electron chi connectivity index (χ1n) is 17.9. The van der Waals surface area contributed by atoms with Gasteiger partial charge in [-0.15, -0.1) is 0 Å². The molecule has 2 aromatic heterocycles. The first-order valence-corrected chi connectivity index (χ1v) is 17.9. The summed E-state index contributed by atoms with van der Waals surface area (Å²) in [5.41, 5.74) is 21.1. The van der Waals surface area contributed by atoms with Gasteiger partial charge in [0, 0.05) is 29.2 Å². The van der Waals surface area contributed by atoms with Crippen LogP contribution in [0, 0.1) is 20.8 Å². The van der Waals surface area contributed by atoms with E-state index in [1.807, 2.05) is 12.4 Å². The van der Waals surface area contributed by atoms with Gasteiger partial charge in [0.1, 0.15) is 0 Å². The van der Waals surface area contributed by atoms with Gasteiger partial charge in [-0.1, -0.05) is 121 Å². The fourth-order valence-corrected chi connectivity index (χ4v) is 8.93. The van der Waals surface area contributed by atoms with Crippen LogP contribution in [0.3, 0.4) is 0 Å². The predicted octanol–water partition coefficient (Wildman–Crippen LogP) is 11.8. The molecule has 1 unspecified atom stereocenters. The van der Waals surface area contributed by atoms with Gasteiger partial charge in [0.2, 0.25) is 0 Å². The maximum Gasteiger partial charge on any atom is 0.160 e. The molecule has 3 nitrogen and oxygen atoms in total. The number of rotatable bonds is 4. The van der Waals surface area contributed by atoms with Crippen molar-refractivity contribution in [2.45, 2.75) is 26.2 Å². The number of aromatic nitrogens is 3. The van der Waals surface area contributed by atoms with Crippen LogP contribution in [0.1, 0.15) is 39.1 Å². The molecule has 8 aromatic rings. The fourth-order valence-electron chi connectivity index (χ4n) is 8.93. The molecule has 0 saturated carbocycles. The second-order valence-electron chi connectivity index (χ2n) is 14.2. The van der Waals surface area contributed by atoms with Crippen molar-refractivity contribution in [2.75, 3.05) is 0 Å². The summed E-state index contributed by atoms with van der Waals surface area (Å²) in [5, 5.41) is 0. The van der Waals surface area contributed by atoms with Crippen LogP contribution in [0.15, 0.2) is 158 Å². The lowest BCUT2D eigenvalue weighted by Gasteiger charge is -2.30. The first-order chi connectivity index (χ1) is 25.5. The van der Waals surface area contributed by atoms with Crippen molar-refractivity contribution in [3.8, 4) is 67.2 Å². The van der Waals surface area contributed by atoms with E-state index in [-0.39, 0.29) is 0 Å². The topological polar surface area (TPSA) is 38.7 Å². The quantitative estimate of drug-likeness (QED) is 0.188. The Kier molecular flexibility index (Phi) is 6.74. The number of pyridine rings is 1. The van der Waals surface area contributed by atoms with E-state index in [0.717, 1.165) is 28.3 Å². The van der Waals surface area contributed by atoms with Crippen molar-refractivity contribution >= 4 is 0 Å². The SMILES string of the molecule is Cc1cc(-c2cccc(-c3ccccc3)c2)nc(-c2ccc3c(c2)-c2ccccc2C32c3ccccc3-c3cc(-c4c(C)cncc4C)ccc32)n1. The molecule has 1 atom stereocenters. The Morgan fingerprint density at radius 3 is 1.65 bits per heavy atom. The van der Waals surface area contributed by atoms with E-state index < -0.39 is 5.41 Å². The monoisotopic (exact) mass is 665 g/mol. The Labute approximate surface area is 304 Å². The van der Waals surface area contributed by atoms with Gasteiger partial charge in [0.25, 0.3) is 0 Å². The standard InChI is InChI=1S/C49H35N3/c1-30-28-50-29-31(2)47(30)36-20-22-44-40(26-36)38-16-7-9-18-42(38)49(44)43-19-10-8-17-39(43)41-27-37(21-23-45(41)49)48-51-32(3)24-46(52-48)35-15-11-14-34(25-35)33-12-5-4-6-13-33/h4-29H,1-3H3. The number of fused-ring (bicyclic) bond motifs is 10. The van der Waals surface area contributed by atoms with Crippen LogP contribution < -0.4 is 0 Å². The van der Waals surface area contributed by atoms with Crippen LogP contribution in [0.2, 0.25) is 0 Å². The largest absolute Gasteiger partial charge is 0.264 e. The number of benzene rings is 6. The van der Waals surface area contributed by atoms with E-state index in [0.29, 0.717) is 0 Å². The Morgan fingerprint density at radius 1 is 0.404 bits per heavy atom. The van der Waals surface area contributed by atoms with E-state index in [2.05, 4.69) is 171 Å². The van der Waals surface area contributed by atoms with Gasteiger partial charge in [-0.25, -0.2) is 9.97 Å². The number of nitrogens with zero attached hydrogens (tertiary/aromatic N) is 3. The summed E-state index contributed by atoms with van der Waals surface area (Å²) < 4.78 is 0. The Bertz CT molecular complexity index is 2710. The van der Waals surface area contributed by atoms with Crippen LogP contribution >= 0.6 is 0 Å². The Hall–Kier alpha value is -6.45. The summed E-state index contributed by atoms with van der Waals surface area (Å²) >= 11 is 0. The van der Waals surface area contributed by atoms with E-state index in [9.17, 15) is 0 Å². The van der Waals surface area contributed by atoms with Crippen LogP contribution in [-0.2, 0) is 5.41 Å². The lowest BCUT2D eigenvalue weighted by atomic mass is 9.70. The van der Waals surface area contributed by atoms with Crippen LogP contribution in [0.4, 0.5) is 0 Å². The van der Waals surface area contributed by atoms with Crippen LogP contribution in [0.5, 0.6) is 0 Å². The summed E-state index contributed by atoms with van der Waals surface area (Å²) in [5.74, 6) is 0.737. The van der Waals surface area contributed by atoms with Crippen molar-refractivity contribution < 1.29 is 0 Å². The first kappa shape index (κ1) is 30.4. The molecule has 0 amide bonds. The summed E-state index contributed by atoms with van der Waals surface area (Å²) in [6.45, 7) is 6.37. The van der Waals surface area contributed by atoms with Gasteiger partial charge in [-0.3, -0.25) is 4.98 Å². The van der Waals surface area contributed by atoms with Gasteiger partial charge in [-0.05, 0) is 123 Å². The zero-order chi connectivity index (χ0) is 35.0. The minimum atomic E-state index is -0.423. The summed E-state index contributed by atoms with van der Waals surface area (Å²) in [7, 11) is 0. The highest BCUT2D eigenvalue weighted by Crippen LogP contribution is 2.63. The predicted molar refractivity (Wildman–Crippen MR) is 212 cm³/mol. The lowest BCUT2D eigenvalue weighted by molar-refractivity contribution is 0.794. The maximum absolute atomic E-state index is 5.19. The van der Waals surface area contributed by atoms with Crippen molar-refractivity contribution in [2.24, 2.45) is 0 Å². The molecule has 0 N–H and O–H groups in total. The van der Waals surface area contributed by atoms with Gasteiger partial charge in [0.05, 0.1) is 11.1 Å². The molecule has 2 heterocycles. The van der Waals surface area contributed by atoms with Crippen molar-refractivity contribution in [1.82, 2.24) is 15.0 Å². The second-order valence-corrected chi connectivity index (χ2v) is 14.2. The molecule has 0 saturated heterocycles. The molecule has 246 valence electrons. The third kappa shape index (κ3) is 4.42. The van der Waals surface area contributed by atoms with E-state index in [1.165, 1.54) is 77.9 Å². The fraction of sp³-hybridized carbons (Fsp3) is 0.0816. The molecule has 6 aromatic carbocycles. The van der Waals surface area contributed by atoms with E-state index in [1.54, 1.807) is 0 Å². The third-order valence-corrected chi connectivity index (χ3v) is 11.1. The van der Waals surface area contributed by atoms with Gasteiger partial charge < -0.3 is 0 Å². The third-order valence-electron chi connectivity index (χ3n) is 11.1. The van der Waals surface area contributed by atoms with Crippen molar-refractivity contribution in [3.05, 3.63) is 197 Å². The number of aryl methyl sites for hydroxylation is 3. The molecule has 52 heavy (non-hydrogen) atoms. The minimum absolute atomic E-state index is 0.423. The van der Waals surface area contributed by atoms with E-state index >= 15 is 0 Å². The molecule has 0 fully saturated rings. The Balaban J connectivity index is 1.14. The van der Waals surface area contributed by atoms with Gasteiger partial charge in [-0.2, -0.15) is 0 Å². The second kappa shape index (κ2) is 11.5. The molecule has 2 aliphatic carbocycles. The molecule has 0 radical (unpaired) electrons. The molecule has 10 rings (SSSR count). The molecular weight excluding hydrogens is 631 g/mol. The highest BCUT2D eigenvalue weighted by Gasteiger charge is 2.51. The smallest absolute Gasteiger partial charge is 0.160 e. The average Bonchev–Trinajstić information content (AvgIpc) is 3.65. The highest BCUT2D eigenvalue weighted by molar-refractivity contribution is 5.97. The number of hydrogen-bond donors (Lipinski definition) is 0. The molecular formula is C49H35N3. The molecule has 1 spiro atoms. The lowest BCUT2D eigenvalue weighted by Crippen LogP contribution is -2.25. The zero-order valence-corrected chi connectivity index (χ0v) is 29.4. The normalized spacial score (nSPS) is 14.9.